The highest BCUT2D eigenvalue weighted by molar-refractivity contribution is 7.10. The molecule has 0 fully saturated rings. The molecule has 0 atom stereocenters. The molecule has 2 N–H and O–H groups in total. The van der Waals surface area contributed by atoms with Crippen molar-refractivity contribution in [1.29, 1.82) is 0 Å². The number of amides is 1. The molecule has 0 aliphatic rings. The van der Waals surface area contributed by atoms with Crippen molar-refractivity contribution in [3.63, 3.8) is 0 Å². The van der Waals surface area contributed by atoms with E-state index in [1.165, 1.54) is 19.5 Å². The van der Waals surface area contributed by atoms with Gasteiger partial charge in [0.05, 0.1) is 30.8 Å². The van der Waals surface area contributed by atoms with E-state index >= 15 is 0 Å². The number of anilines is 3. The molecule has 0 radical (unpaired) electrons. The molecule has 0 aliphatic heterocycles. The third kappa shape index (κ3) is 4.15. The van der Waals surface area contributed by atoms with Gasteiger partial charge in [0.15, 0.2) is 5.69 Å². The predicted octanol–water partition coefficient (Wildman–Crippen LogP) is 3.59. The quantitative estimate of drug-likeness (QED) is 0.612. The smallest absolute Gasteiger partial charge is 0.358 e. The van der Waals surface area contributed by atoms with Crippen LogP contribution in [0.3, 0.4) is 0 Å². The van der Waals surface area contributed by atoms with Crippen LogP contribution in [0.15, 0.2) is 36.7 Å². The molecule has 0 saturated heterocycles. The molecule has 2 heterocycles. The van der Waals surface area contributed by atoms with Crippen molar-refractivity contribution in [3.8, 4) is 0 Å². The maximum absolute atomic E-state index is 12.9. The summed E-state index contributed by atoms with van der Waals surface area (Å²) in [5.74, 6) is -0.435. The van der Waals surface area contributed by atoms with E-state index in [1.807, 2.05) is 31.2 Å². The van der Waals surface area contributed by atoms with Crippen LogP contribution >= 0.6 is 11.5 Å². The lowest BCUT2D eigenvalue weighted by Gasteiger charge is -2.11. The molecular formula is C19H19N5O3S. The number of carbonyl (C=O) groups is 2. The molecule has 0 aliphatic carbocycles. The van der Waals surface area contributed by atoms with E-state index in [0.717, 1.165) is 29.2 Å². The van der Waals surface area contributed by atoms with Gasteiger partial charge in [-0.1, -0.05) is 25.1 Å². The fourth-order valence-electron chi connectivity index (χ4n) is 2.58. The average Bonchev–Trinajstić information content (AvgIpc) is 3.08. The van der Waals surface area contributed by atoms with Crippen LogP contribution in [0.25, 0.3) is 0 Å². The number of ether oxygens (including phenoxy) is 1. The van der Waals surface area contributed by atoms with Crippen molar-refractivity contribution in [2.75, 3.05) is 17.7 Å². The van der Waals surface area contributed by atoms with Crippen molar-refractivity contribution in [2.45, 2.75) is 20.3 Å². The van der Waals surface area contributed by atoms with E-state index in [0.29, 0.717) is 22.1 Å². The Morgan fingerprint density at radius 2 is 1.96 bits per heavy atom. The van der Waals surface area contributed by atoms with E-state index in [2.05, 4.69) is 29.7 Å². The number of carbonyl (C=O) groups excluding carboxylic acids is 2. The van der Waals surface area contributed by atoms with Gasteiger partial charge >= 0.3 is 5.97 Å². The molecule has 144 valence electrons. The first-order chi connectivity index (χ1) is 13.5. The zero-order valence-electron chi connectivity index (χ0n) is 15.6. The SMILES string of the molecule is CCc1ccccc1NC(=O)c1c(C)nsc1Nc1cnc(C(=O)OC)cn1. The zero-order valence-corrected chi connectivity index (χ0v) is 16.5. The summed E-state index contributed by atoms with van der Waals surface area (Å²) in [7, 11) is 1.28. The molecule has 3 aromatic rings. The Balaban J connectivity index is 1.81. The Hall–Kier alpha value is -3.33. The second kappa shape index (κ2) is 8.57. The number of nitrogens with one attached hydrogen (secondary N) is 2. The highest BCUT2D eigenvalue weighted by Gasteiger charge is 2.20. The van der Waals surface area contributed by atoms with Gasteiger partial charge in [-0.25, -0.2) is 14.8 Å². The number of nitrogens with zero attached hydrogens (tertiary/aromatic N) is 3. The maximum Gasteiger partial charge on any atom is 0.358 e. The molecule has 1 amide bonds. The zero-order chi connectivity index (χ0) is 20.1. The van der Waals surface area contributed by atoms with Crippen molar-refractivity contribution < 1.29 is 14.3 Å². The van der Waals surface area contributed by atoms with Crippen molar-refractivity contribution >= 4 is 39.9 Å². The van der Waals surface area contributed by atoms with Crippen LogP contribution in [-0.4, -0.2) is 33.3 Å². The molecule has 8 nitrogen and oxygen atoms in total. The Labute approximate surface area is 166 Å². The second-order valence-electron chi connectivity index (χ2n) is 5.84. The molecule has 0 bridgehead atoms. The normalized spacial score (nSPS) is 10.4. The number of hydrogen-bond acceptors (Lipinski definition) is 8. The topological polar surface area (TPSA) is 106 Å². The van der Waals surface area contributed by atoms with Crippen LogP contribution < -0.4 is 10.6 Å². The van der Waals surface area contributed by atoms with Gasteiger partial charge < -0.3 is 15.4 Å². The van der Waals surface area contributed by atoms with Crippen LogP contribution in [0.2, 0.25) is 0 Å². The Morgan fingerprint density at radius 3 is 2.64 bits per heavy atom. The number of esters is 1. The van der Waals surface area contributed by atoms with Gasteiger partial charge in [-0.3, -0.25) is 4.79 Å². The highest BCUT2D eigenvalue weighted by atomic mass is 32.1. The first-order valence-electron chi connectivity index (χ1n) is 8.56. The molecule has 9 heteroatoms. The molecule has 1 aromatic carbocycles. The number of para-hydroxylation sites is 1. The summed E-state index contributed by atoms with van der Waals surface area (Å²) in [4.78, 5) is 32.5. The summed E-state index contributed by atoms with van der Waals surface area (Å²) in [6, 6.07) is 7.67. The second-order valence-corrected chi connectivity index (χ2v) is 6.61. The molecule has 2 aromatic heterocycles. The van der Waals surface area contributed by atoms with Crippen LogP contribution in [0.4, 0.5) is 16.5 Å². The molecular weight excluding hydrogens is 378 g/mol. The summed E-state index contributed by atoms with van der Waals surface area (Å²) in [5.41, 5.74) is 2.97. The van der Waals surface area contributed by atoms with E-state index in [-0.39, 0.29) is 11.6 Å². The first-order valence-corrected chi connectivity index (χ1v) is 9.33. The molecule has 28 heavy (non-hydrogen) atoms. The van der Waals surface area contributed by atoms with Crippen LogP contribution in [0.1, 0.15) is 39.0 Å². The maximum atomic E-state index is 12.9. The third-order valence-electron chi connectivity index (χ3n) is 4.02. The minimum absolute atomic E-state index is 0.0997. The first kappa shape index (κ1) is 19.4. The predicted molar refractivity (Wildman–Crippen MR) is 107 cm³/mol. The van der Waals surface area contributed by atoms with E-state index in [1.54, 1.807) is 6.92 Å². The standard InChI is InChI=1S/C19H19N5O3S/c1-4-12-7-5-6-8-13(12)22-17(25)16-11(2)24-28-18(16)23-15-10-20-14(9-21-15)19(26)27-3/h5-10H,4H2,1-3H3,(H,21,23)(H,22,25). The van der Waals surface area contributed by atoms with Gasteiger partial charge in [0.25, 0.3) is 5.91 Å². The van der Waals surface area contributed by atoms with Crippen LogP contribution in [0, 0.1) is 6.92 Å². The van der Waals surface area contributed by atoms with Gasteiger partial charge in [-0.05, 0) is 36.5 Å². The number of aryl methyl sites for hydroxylation is 2. The lowest BCUT2D eigenvalue weighted by atomic mass is 10.1. The van der Waals surface area contributed by atoms with E-state index in [9.17, 15) is 9.59 Å². The van der Waals surface area contributed by atoms with Gasteiger partial charge in [0.1, 0.15) is 10.8 Å². The fraction of sp³-hybridized carbons (Fsp3) is 0.211. The molecule has 0 unspecified atom stereocenters. The lowest BCUT2D eigenvalue weighted by molar-refractivity contribution is 0.0593. The number of aromatic nitrogens is 3. The average molecular weight is 397 g/mol. The largest absolute Gasteiger partial charge is 0.464 e. The summed E-state index contributed by atoms with van der Waals surface area (Å²) in [6.45, 7) is 3.81. The monoisotopic (exact) mass is 397 g/mol. The number of benzene rings is 1. The number of hydrogen-bond donors (Lipinski definition) is 2. The number of methoxy groups -OCH3 is 1. The molecule has 3 rings (SSSR count). The molecule has 0 saturated carbocycles. The summed E-state index contributed by atoms with van der Waals surface area (Å²) >= 11 is 1.15. The van der Waals surface area contributed by atoms with Gasteiger partial charge in [0.2, 0.25) is 0 Å². The van der Waals surface area contributed by atoms with Gasteiger partial charge in [0, 0.05) is 5.69 Å². The summed E-state index contributed by atoms with van der Waals surface area (Å²) < 4.78 is 8.87. The summed E-state index contributed by atoms with van der Waals surface area (Å²) in [5, 5.41) is 6.54. The number of rotatable bonds is 6. The minimum atomic E-state index is -0.567. The van der Waals surface area contributed by atoms with Crippen LogP contribution in [-0.2, 0) is 11.2 Å². The molecule has 0 spiro atoms. The van der Waals surface area contributed by atoms with Gasteiger partial charge in [-0.15, -0.1) is 0 Å². The van der Waals surface area contributed by atoms with Crippen molar-refractivity contribution in [1.82, 2.24) is 14.3 Å². The Morgan fingerprint density at radius 1 is 1.18 bits per heavy atom. The van der Waals surface area contributed by atoms with Gasteiger partial charge in [-0.2, -0.15) is 4.37 Å². The lowest BCUT2D eigenvalue weighted by Crippen LogP contribution is -2.15. The fourth-order valence-corrected chi connectivity index (χ4v) is 3.38. The van der Waals surface area contributed by atoms with Crippen molar-refractivity contribution in [3.05, 3.63) is 59.2 Å². The van der Waals surface area contributed by atoms with Crippen molar-refractivity contribution in [2.24, 2.45) is 0 Å². The van der Waals surface area contributed by atoms with Crippen LogP contribution in [0.5, 0.6) is 0 Å². The van der Waals surface area contributed by atoms with E-state index in [4.69, 9.17) is 0 Å². The minimum Gasteiger partial charge on any atom is -0.464 e. The van der Waals surface area contributed by atoms with E-state index < -0.39 is 5.97 Å². The third-order valence-corrected chi connectivity index (χ3v) is 4.88. The summed E-state index contributed by atoms with van der Waals surface area (Å²) in [6.07, 6.45) is 3.51. The Kier molecular flexibility index (Phi) is 5.95. The Bertz CT molecular complexity index is 1000. The highest BCUT2D eigenvalue weighted by Crippen LogP contribution is 2.28.